The Morgan fingerprint density at radius 3 is 2.74 bits per heavy atom. The molecule has 2 aromatic heterocycles. The van der Waals surface area contributed by atoms with Gasteiger partial charge in [0, 0.05) is 35.9 Å². The number of aromatic nitrogens is 1. The summed E-state index contributed by atoms with van der Waals surface area (Å²) in [7, 11) is 0. The number of carbonyl (C=O) groups is 1. The van der Waals surface area contributed by atoms with Crippen LogP contribution in [0.5, 0.6) is 5.75 Å². The van der Waals surface area contributed by atoms with Crippen molar-refractivity contribution in [3.05, 3.63) is 46.5 Å². The molecule has 0 spiro atoms. The van der Waals surface area contributed by atoms with Crippen LogP contribution < -0.4 is 20.7 Å². The first-order valence-electron chi connectivity index (χ1n) is 11.7. The zero-order valence-electron chi connectivity index (χ0n) is 19.2. The van der Waals surface area contributed by atoms with Gasteiger partial charge in [-0.05, 0) is 37.1 Å². The number of rotatable bonds is 3. The van der Waals surface area contributed by atoms with Gasteiger partial charge in [-0.15, -0.1) is 11.3 Å². The standard InChI is InChI=1S/C25H26F2N4O3S/c1-13-2-5-19-21(28)22(35-24(19)29-13)23(32)30-17-6-14-3-4-18(7-20(14)34-12-17)31-8-15-10-33-11-16(9-31)25(15,26)27/h2-5,7,15-17H,6,8-12,28H2,1H3,(H,30,32)/t15?,16?,17-/m1/s1. The van der Waals surface area contributed by atoms with E-state index in [4.69, 9.17) is 15.2 Å². The number of benzene rings is 1. The van der Waals surface area contributed by atoms with Crippen LogP contribution in [-0.4, -0.2) is 55.8 Å². The molecule has 0 aliphatic carbocycles. The number of nitrogen functional groups attached to an aromatic ring is 1. The molecular weight excluding hydrogens is 474 g/mol. The summed E-state index contributed by atoms with van der Waals surface area (Å²) in [5.41, 5.74) is 9.39. The van der Waals surface area contributed by atoms with Gasteiger partial charge >= 0.3 is 0 Å². The van der Waals surface area contributed by atoms with Crippen molar-refractivity contribution in [2.45, 2.75) is 25.3 Å². The average molecular weight is 501 g/mol. The Hall–Kier alpha value is -2.98. The van der Waals surface area contributed by atoms with Crippen molar-refractivity contribution in [1.82, 2.24) is 10.3 Å². The number of piperidine rings is 1. The zero-order valence-corrected chi connectivity index (χ0v) is 20.0. The number of carbonyl (C=O) groups excluding carboxylic acids is 1. The highest BCUT2D eigenvalue weighted by Crippen LogP contribution is 2.43. The monoisotopic (exact) mass is 500 g/mol. The molecule has 35 heavy (non-hydrogen) atoms. The molecule has 10 heteroatoms. The number of nitrogens with one attached hydrogen (secondary N) is 1. The number of pyridine rings is 1. The van der Waals surface area contributed by atoms with E-state index in [1.165, 1.54) is 11.3 Å². The minimum atomic E-state index is -2.68. The second-order valence-corrected chi connectivity index (χ2v) is 10.6. The van der Waals surface area contributed by atoms with Gasteiger partial charge in [-0.3, -0.25) is 4.79 Å². The molecule has 184 valence electrons. The fourth-order valence-corrected chi connectivity index (χ4v) is 6.28. The molecular formula is C25H26F2N4O3S. The highest BCUT2D eigenvalue weighted by atomic mass is 32.1. The number of anilines is 2. The van der Waals surface area contributed by atoms with Crippen LogP contribution in [0.15, 0.2) is 30.3 Å². The number of fused-ring (bicyclic) bond motifs is 4. The number of halogens is 2. The van der Waals surface area contributed by atoms with Gasteiger partial charge in [0.15, 0.2) is 0 Å². The predicted octanol–water partition coefficient (Wildman–Crippen LogP) is 3.64. The van der Waals surface area contributed by atoms with E-state index >= 15 is 0 Å². The Labute approximate surface area is 205 Å². The molecule has 3 atom stereocenters. The fraction of sp³-hybridized carbons (Fsp3) is 0.440. The molecule has 1 amide bonds. The van der Waals surface area contributed by atoms with Crippen molar-refractivity contribution in [2.24, 2.45) is 11.8 Å². The van der Waals surface area contributed by atoms with Gasteiger partial charge in [0.2, 0.25) is 0 Å². The molecule has 3 aliphatic rings. The van der Waals surface area contributed by atoms with E-state index in [1.54, 1.807) is 0 Å². The lowest BCUT2D eigenvalue weighted by Crippen LogP contribution is -2.59. The number of ether oxygens (including phenoxy) is 2. The first-order valence-corrected chi connectivity index (χ1v) is 12.5. The minimum Gasteiger partial charge on any atom is -0.491 e. The van der Waals surface area contributed by atoms with Crippen LogP contribution in [0.1, 0.15) is 20.9 Å². The topological polar surface area (TPSA) is 89.7 Å². The Bertz CT molecular complexity index is 1300. The molecule has 7 nitrogen and oxygen atoms in total. The number of hydrogen-bond donors (Lipinski definition) is 2. The molecule has 2 saturated heterocycles. The van der Waals surface area contributed by atoms with Crippen LogP contribution in [0.4, 0.5) is 20.2 Å². The maximum absolute atomic E-state index is 14.5. The molecule has 0 radical (unpaired) electrons. The lowest BCUT2D eigenvalue weighted by atomic mass is 9.83. The van der Waals surface area contributed by atoms with Crippen molar-refractivity contribution < 1.29 is 23.0 Å². The molecule has 2 fully saturated rings. The number of hydrogen-bond acceptors (Lipinski definition) is 7. The third-order valence-corrected chi connectivity index (χ3v) is 8.32. The van der Waals surface area contributed by atoms with Crippen LogP contribution in [-0.2, 0) is 11.2 Å². The summed E-state index contributed by atoms with van der Waals surface area (Å²) < 4.78 is 40.3. The minimum absolute atomic E-state index is 0.0861. The summed E-state index contributed by atoms with van der Waals surface area (Å²) in [6, 6.07) is 9.40. The van der Waals surface area contributed by atoms with Gasteiger partial charge in [0.25, 0.3) is 11.8 Å². The highest BCUT2D eigenvalue weighted by molar-refractivity contribution is 7.21. The Balaban J connectivity index is 1.15. The molecule has 3 aromatic rings. The number of aryl methyl sites for hydroxylation is 1. The predicted molar refractivity (Wildman–Crippen MR) is 131 cm³/mol. The van der Waals surface area contributed by atoms with Gasteiger partial charge in [0.1, 0.15) is 22.1 Å². The smallest absolute Gasteiger partial charge is 0.263 e. The Morgan fingerprint density at radius 2 is 1.97 bits per heavy atom. The SMILES string of the molecule is Cc1ccc2c(N)c(C(=O)N[C@H]3COc4cc(N5CC6COCC(C5)C6(F)F)ccc4C3)sc2n1. The van der Waals surface area contributed by atoms with Gasteiger partial charge < -0.3 is 25.4 Å². The molecule has 3 aliphatic heterocycles. The third kappa shape index (κ3) is 3.88. The van der Waals surface area contributed by atoms with E-state index in [9.17, 15) is 13.6 Å². The van der Waals surface area contributed by atoms with Crippen LogP contribution in [0.25, 0.3) is 10.2 Å². The van der Waals surface area contributed by atoms with E-state index in [0.29, 0.717) is 23.6 Å². The first kappa shape index (κ1) is 22.5. The number of nitrogens with zero attached hydrogens (tertiary/aromatic N) is 2. The summed E-state index contributed by atoms with van der Waals surface area (Å²) in [6.45, 7) is 2.91. The van der Waals surface area contributed by atoms with Gasteiger partial charge in [-0.25, -0.2) is 13.8 Å². The summed E-state index contributed by atoms with van der Waals surface area (Å²) in [5.74, 6) is -3.79. The Kier molecular flexibility index (Phi) is 5.33. The summed E-state index contributed by atoms with van der Waals surface area (Å²) in [5, 5.41) is 3.82. The summed E-state index contributed by atoms with van der Waals surface area (Å²) >= 11 is 1.29. The zero-order chi connectivity index (χ0) is 24.3. The normalized spacial score (nSPS) is 25.1. The van der Waals surface area contributed by atoms with E-state index in [-0.39, 0.29) is 38.3 Å². The first-order chi connectivity index (χ1) is 16.8. The molecule has 1 aromatic carbocycles. The molecule has 0 saturated carbocycles. The maximum atomic E-state index is 14.5. The van der Waals surface area contributed by atoms with Gasteiger partial charge in [-0.1, -0.05) is 6.07 Å². The maximum Gasteiger partial charge on any atom is 0.263 e. The number of amides is 1. The van der Waals surface area contributed by atoms with Crippen molar-refractivity contribution in [3.63, 3.8) is 0 Å². The van der Waals surface area contributed by atoms with Crippen LogP contribution in [0.3, 0.4) is 0 Å². The van der Waals surface area contributed by atoms with Crippen molar-refractivity contribution in [2.75, 3.05) is 43.5 Å². The van der Waals surface area contributed by atoms with Crippen LogP contribution >= 0.6 is 11.3 Å². The van der Waals surface area contributed by atoms with Crippen LogP contribution in [0.2, 0.25) is 0 Å². The molecule has 5 heterocycles. The van der Waals surface area contributed by atoms with E-state index < -0.39 is 17.8 Å². The van der Waals surface area contributed by atoms with E-state index in [0.717, 1.165) is 32.9 Å². The summed E-state index contributed by atoms with van der Waals surface area (Å²) in [4.78, 5) is 20.6. The average Bonchev–Trinajstić information content (AvgIpc) is 3.13. The third-order valence-electron chi connectivity index (χ3n) is 7.20. The second kappa shape index (κ2) is 8.30. The summed E-state index contributed by atoms with van der Waals surface area (Å²) in [6.07, 6.45) is 0.612. The quantitative estimate of drug-likeness (QED) is 0.571. The van der Waals surface area contributed by atoms with E-state index in [2.05, 4.69) is 10.3 Å². The largest absolute Gasteiger partial charge is 0.491 e. The van der Waals surface area contributed by atoms with Crippen molar-refractivity contribution in [3.8, 4) is 5.75 Å². The number of nitrogens with two attached hydrogens (primary N) is 1. The lowest BCUT2D eigenvalue weighted by Gasteiger charge is -2.47. The number of thiophene rings is 1. The molecule has 3 N–H and O–H groups in total. The fourth-order valence-electron chi connectivity index (χ4n) is 5.23. The van der Waals surface area contributed by atoms with Crippen molar-refractivity contribution in [1.29, 1.82) is 0 Å². The van der Waals surface area contributed by atoms with Gasteiger partial charge in [-0.2, -0.15) is 0 Å². The molecule has 6 rings (SSSR count). The molecule has 2 bridgehead atoms. The van der Waals surface area contributed by atoms with E-state index in [1.807, 2.05) is 42.2 Å². The second-order valence-electron chi connectivity index (χ2n) is 9.64. The van der Waals surface area contributed by atoms with Crippen molar-refractivity contribution >= 4 is 38.8 Å². The number of alkyl halides is 2. The Morgan fingerprint density at radius 1 is 1.20 bits per heavy atom. The van der Waals surface area contributed by atoms with Crippen LogP contribution in [0, 0.1) is 18.8 Å². The van der Waals surface area contributed by atoms with Gasteiger partial charge in [0.05, 0.1) is 36.8 Å². The lowest BCUT2D eigenvalue weighted by molar-refractivity contribution is -0.189. The highest BCUT2D eigenvalue weighted by Gasteiger charge is 2.54. The molecule has 2 unspecified atom stereocenters.